The number of thiazole rings is 1. The molecule has 0 aliphatic heterocycles. The van der Waals surface area contributed by atoms with E-state index in [4.69, 9.17) is 10.5 Å². The van der Waals surface area contributed by atoms with Crippen LogP contribution in [0.1, 0.15) is 13.8 Å². The Hall–Kier alpha value is -2.13. The highest BCUT2D eigenvalue weighted by atomic mass is 32.2. The van der Waals surface area contributed by atoms with Gasteiger partial charge in [-0.1, -0.05) is 37.7 Å². The summed E-state index contributed by atoms with van der Waals surface area (Å²) in [5.74, 6) is -1.55. The number of imide groups is 1. The molecule has 1 atom stereocenters. The van der Waals surface area contributed by atoms with Crippen molar-refractivity contribution < 1.29 is 19.1 Å². The molecule has 0 unspecified atom stereocenters. The van der Waals surface area contributed by atoms with Gasteiger partial charge in [-0.2, -0.15) is 0 Å². The molecule has 1 aromatic carbocycles. The number of carbonyl (C=O) groups is 3. The third-order valence-electron chi connectivity index (χ3n) is 2.96. The SMILES string of the molecule is CC(C)[C@H](OC(=O)CSc1nc2ccccc2s1)C(=O)NC(N)=O. The molecule has 0 aliphatic rings. The van der Waals surface area contributed by atoms with Gasteiger partial charge < -0.3 is 10.5 Å². The number of hydrogen-bond donors (Lipinski definition) is 2. The minimum atomic E-state index is -1.07. The molecule has 2 rings (SSSR count). The van der Waals surface area contributed by atoms with E-state index < -0.39 is 24.0 Å². The number of benzene rings is 1. The van der Waals surface area contributed by atoms with Crippen LogP contribution in [-0.2, 0) is 14.3 Å². The fraction of sp³-hybridized carbons (Fsp3) is 0.333. The molecule has 0 bridgehead atoms. The zero-order valence-electron chi connectivity index (χ0n) is 13.1. The molecule has 1 aromatic heterocycles. The van der Waals surface area contributed by atoms with E-state index in [-0.39, 0.29) is 11.7 Å². The largest absolute Gasteiger partial charge is 0.451 e. The average molecular weight is 367 g/mol. The van der Waals surface area contributed by atoms with Crippen LogP contribution in [0.2, 0.25) is 0 Å². The topological polar surface area (TPSA) is 111 Å². The van der Waals surface area contributed by atoms with Gasteiger partial charge in [0.1, 0.15) is 0 Å². The molecule has 0 aliphatic carbocycles. The van der Waals surface area contributed by atoms with Gasteiger partial charge in [0, 0.05) is 0 Å². The summed E-state index contributed by atoms with van der Waals surface area (Å²) >= 11 is 2.73. The first-order valence-electron chi connectivity index (χ1n) is 7.15. The highest BCUT2D eigenvalue weighted by Gasteiger charge is 2.27. The second-order valence-corrected chi connectivity index (χ2v) is 7.50. The molecular formula is C15H17N3O4S2. The van der Waals surface area contributed by atoms with E-state index in [1.807, 2.05) is 29.6 Å². The summed E-state index contributed by atoms with van der Waals surface area (Å²) in [5.41, 5.74) is 5.79. The number of rotatable bonds is 6. The molecule has 24 heavy (non-hydrogen) atoms. The standard InChI is InChI=1S/C15H17N3O4S2/c1-8(2)12(13(20)18-14(16)21)22-11(19)7-23-15-17-9-5-3-4-6-10(9)24-15/h3-6,8,12H,7H2,1-2H3,(H3,16,18,20,21)/t12-/m0/s1. The van der Waals surface area contributed by atoms with Crippen molar-refractivity contribution in [2.75, 3.05) is 5.75 Å². The Morgan fingerprint density at radius 2 is 2.04 bits per heavy atom. The molecular weight excluding hydrogens is 350 g/mol. The predicted octanol–water partition coefficient (Wildman–Crippen LogP) is 2.15. The van der Waals surface area contributed by atoms with Crippen LogP contribution in [0.3, 0.4) is 0 Å². The van der Waals surface area contributed by atoms with Crippen LogP contribution in [-0.4, -0.2) is 34.7 Å². The molecule has 2 aromatic rings. The maximum absolute atomic E-state index is 12.0. The number of primary amides is 1. The van der Waals surface area contributed by atoms with Gasteiger partial charge in [0.05, 0.1) is 16.0 Å². The van der Waals surface area contributed by atoms with Crippen LogP contribution < -0.4 is 11.1 Å². The number of para-hydroxylation sites is 1. The molecule has 0 saturated heterocycles. The van der Waals surface area contributed by atoms with E-state index in [0.29, 0.717) is 0 Å². The highest BCUT2D eigenvalue weighted by molar-refractivity contribution is 8.01. The second-order valence-electron chi connectivity index (χ2n) is 5.24. The lowest BCUT2D eigenvalue weighted by Crippen LogP contribution is -2.45. The van der Waals surface area contributed by atoms with Crippen LogP contribution in [0, 0.1) is 5.92 Å². The maximum atomic E-state index is 12.0. The van der Waals surface area contributed by atoms with Gasteiger partial charge in [-0.25, -0.2) is 9.78 Å². The lowest BCUT2D eigenvalue weighted by atomic mass is 10.1. The van der Waals surface area contributed by atoms with Crippen LogP contribution in [0.15, 0.2) is 28.6 Å². The molecule has 3 amide bonds. The smallest absolute Gasteiger partial charge is 0.318 e. The Kier molecular flexibility index (Phi) is 6.16. The Balaban J connectivity index is 1.93. The van der Waals surface area contributed by atoms with Crippen LogP contribution in [0.4, 0.5) is 4.79 Å². The number of urea groups is 1. The van der Waals surface area contributed by atoms with Gasteiger partial charge in [-0.15, -0.1) is 11.3 Å². The van der Waals surface area contributed by atoms with E-state index >= 15 is 0 Å². The zero-order valence-corrected chi connectivity index (χ0v) is 14.8. The number of hydrogen-bond acceptors (Lipinski definition) is 7. The third kappa shape index (κ3) is 4.93. The van der Waals surface area contributed by atoms with E-state index in [1.165, 1.54) is 23.1 Å². The molecule has 3 N–H and O–H groups in total. The Morgan fingerprint density at radius 3 is 2.67 bits per heavy atom. The summed E-state index contributed by atoms with van der Waals surface area (Å²) in [5, 5.41) is 1.93. The average Bonchev–Trinajstić information content (AvgIpc) is 2.92. The lowest BCUT2D eigenvalue weighted by molar-refractivity contribution is -0.155. The summed E-state index contributed by atoms with van der Waals surface area (Å²) < 4.78 is 6.95. The molecule has 1 heterocycles. The number of nitrogens with two attached hydrogens (primary N) is 1. The Bertz CT molecular complexity index is 727. The van der Waals surface area contributed by atoms with E-state index in [0.717, 1.165) is 14.6 Å². The monoisotopic (exact) mass is 367 g/mol. The van der Waals surface area contributed by atoms with Gasteiger partial charge in [0.2, 0.25) is 0 Å². The van der Waals surface area contributed by atoms with Gasteiger partial charge >= 0.3 is 12.0 Å². The minimum Gasteiger partial charge on any atom is -0.451 e. The molecule has 0 radical (unpaired) electrons. The van der Waals surface area contributed by atoms with E-state index in [1.54, 1.807) is 13.8 Å². The van der Waals surface area contributed by atoms with Gasteiger partial charge in [-0.3, -0.25) is 14.9 Å². The first-order chi connectivity index (χ1) is 11.4. The molecule has 0 saturated carbocycles. The molecule has 128 valence electrons. The predicted molar refractivity (Wildman–Crippen MR) is 92.8 cm³/mol. The first kappa shape index (κ1) is 18.2. The number of nitrogens with zero attached hydrogens (tertiary/aromatic N) is 1. The quantitative estimate of drug-likeness (QED) is 0.598. The molecule has 0 spiro atoms. The second kappa shape index (κ2) is 8.11. The van der Waals surface area contributed by atoms with Crippen molar-refractivity contribution in [2.24, 2.45) is 11.7 Å². The summed E-state index contributed by atoms with van der Waals surface area (Å²) in [6.45, 7) is 3.42. The van der Waals surface area contributed by atoms with E-state index in [2.05, 4.69) is 4.98 Å². The summed E-state index contributed by atoms with van der Waals surface area (Å²) in [6.07, 6.45) is -1.07. The number of ether oxygens (including phenoxy) is 1. The third-order valence-corrected chi connectivity index (χ3v) is 5.11. The first-order valence-corrected chi connectivity index (χ1v) is 8.95. The normalized spacial score (nSPS) is 12.1. The number of thioether (sulfide) groups is 1. The van der Waals surface area contributed by atoms with E-state index in [9.17, 15) is 14.4 Å². The number of fused-ring (bicyclic) bond motifs is 1. The molecule has 9 heteroatoms. The van der Waals surface area contributed by atoms with Crippen molar-refractivity contribution in [3.05, 3.63) is 24.3 Å². The van der Waals surface area contributed by atoms with Crippen LogP contribution in [0.5, 0.6) is 0 Å². The van der Waals surface area contributed by atoms with Crippen LogP contribution in [0.25, 0.3) is 10.2 Å². The maximum Gasteiger partial charge on any atom is 0.318 e. The Labute approximate surface area is 147 Å². The highest BCUT2D eigenvalue weighted by Crippen LogP contribution is 2.29. The van der Waals surface area contributed by atoms with Crippen molar-refractivity contribution >= 4 is 51.2 Å². The summed E-state index contributed by atoms with van der Waals surface area (Å²) in [7, 11) is 0. The summed E-state index contributed by atoms with van der Waals surface area (Å²) in [4.78, 5) is 39.0. The van der Waals surface area contributed by atoms with Crippen LogP contribution >= 0.6 is 23.1 Å². The molecule has 7 nitrogen and oxygen atoms in total. The fourth-order valence-electron chi connectivity index (χ4n) is 1.89. The zero-order chi connectivity index (χ0) is 17.7. The minimum absolute atomic E-state index is 0.0207. The van der Waals surface area contributed by atoms with Crippen molar-refractivity contribution in [3.8, 4) is 0 Å². The number of aromatic nitrogens is 1. The van der Waals surface area contributed by atoms with Crippen molar-refractivity contribution in [3.63, 3.8) is 0 Å². The molecule has 0 fully saturated rings. The summed E-state index contributed by atoms with van der Waals surface area (Å²) in [6, 6.07) is 6.70. The van der Waals surface area contributed by atoms with Crippen molar-refractivity contribution in [1.29, 1.82) is 0 Å². The van der Waals surface area contributed by atoms with Crippen molar-refractivity contribution in [1.82, 2.24) is 10.3 Å². The Morgan fingerprint density at radius 1 is 1.33 bits per heavy atom. The number of esters is 1. The van der Waals surface area contributed by atoms with Gasteiger partial charge in [0.15, 0.2) is 10.4 Å². The number of nitrogens with one attached hydrogen (secondary N) is 1. The number of carbonyl (C=O) groups excluding carboxylic acids is 3. The van der Waals surface area contributed by atoms with Gasteiger partial charge in [-0.05, 0) is 18.1 Å². The fourth-order valence-corrected chi connectivity index (χ4v) is 3.75. The van der Waals surface area contributed by atoms with Gasteiger partial charge in [0.25, 0.3) is 5.91 Å². The van der Waals surface area contributed by atoms with Crippen molar-refractivity contribution in [2.45, 2.75) is 24.3 Å². The number of amides is 3. The lowest BCUT2D eigenvalue weighted by Gasteiger charge is -2.19.